The normalized spacial score (nSPS) is 32.9. The summed E-state index contributed by atoms with van der Waals surface area (Å²) in [5.41, 5.74) is 3.29. The molecule has 0 bridgehead atoms. The van der Waals surface area contributed by atoms with E-state index in [0.717, 1.165) is 25.7 Å². The summed E-state index contributed by atoms with van der Waals surface area (Å²) >= 11 is 0. The lowest BCUT2D eigenvalue weighted by Crippen LogP contribution is -2.44. The summed E-state index contributed by atoms with van der Waals surface area (Å²) in [6.45, 7) is 2.25. The van der Waals surface area contributed by atoms with E-state index in [-0.39, 0.29) is 17.5 Å². The molecule has 0 aliphatic heterocycles. The Hall–Kier alpha value is -2.39. The van der Waals surface area contributed by atoms with Crippen LogP contribution in [0.2, 0.25) is 0 Å². The van der Waals surface area contributed by atoms with E-state index >= 15 is 0 Å². The summed E-state index contributed by atoms with van der Waals surface area (Å²) < 4.78 is 5.62. The van der Waals surface area contributed by atoms with Crippen molar-refractivity contribution in [2.45, 2.75) is 44.6 Å². The van der Waals surface area contributed by atoms with Gasteiger partial charge in [0, 0.05) is 5.41 Å². The fraction of sp³-hybridized carbons (Fsp3) is 0.400. The van der Waals surface area contributed by atoms with Gasteiger partial charge in [0.05, 0.1) is 11.7 Å². The second-order valence-corrected chi connectivity index (χ2v) is 8.83. The molecule has 3 unspecified atom stereocenters. The summed E-state index contributed by atoms with van der Waals surface area (Å²) in [5.74, 6) is 1.91. The van der Waals surface area contributed by atoms with Crippen LogP contribution in [-0.2, 0) is 6.42 Å². The predicted molar refractivity (Wildman–Crippen MR) is 108 cm³/mol. The van der Waals surface area contributed by atoms with Crippen molar-refractivity contribution in [1.82, 2.24) is 0 Å². The van der Waals surface area contributed by atoms with Crippen molar-refractivity contribution < 1.29 is 14.6 Å². The molecule has 1 N–H and O–H groups in total. The zero-order valence-electron chi connectivity index (χ0n) is 16.2. The summed E-state index contributed by atoms with van der Waals surface area (Å²) in [4.78, 5) is 12.3. The Kier molecular flexibility index (Phi) is 4.17. The molecular weight excluding hydrogens is 348 g/mol. The van der Waals surface area contributed by atoms with Crippen molar-refractivity contribution in [3.63, 3.8) is 0 Å². The number of fused-ring (bicyclic) bond motifs is 5. The Morgan fingerprint density at radius 1 is 1.11 bits per heavy atom. The molecule has 28 heavy (non-hydrogen) atoms. The molecule has 1 fully saturated rings. The number of rotatable bonds is 2. The molecule has 3 aliphatic rings. The lowest BCUT2D eigenvalue weighted by molar-refractivity contribution is -0.0101. The third-order valence-electron chi connectivity index (χ3n) is 7.39. The molecular formula is C25H26O3. The van der Waals surface area contributed by atoms with Crippen LogP contribution in [0.4, 0.5) is 0 Å². The molecule has 5 rings (SSSR count). The third kappa shape index (κ3) is 2.72. The predicted octanol–water partition coefficient (Wildman–Crippen LogP) is 4.90. The Morgan fingerprint density at radius 3 is 2.75 bits per heavy atom. The van der Waals surface area contributed by atoms with Gasteiger partial charge in [0.25, 0.3) is 0 Å². The van der Waals surface area contributed by atoms with E-state index in [1.807, 2.05) is 30.3 Å². The fourth-order valence-corrected chi connectivity index (χ4v) is 5.79. The monoisotopic (exact) mass is 374 g/mol. The minimum atomic E-state index is -0.312. The molecule has 5 atom stereocenters. The zero-order valence-corrected chi connectivity index (χ0v) is 16.2. The van der Waals surface area contributed by atoms with Gasteiger partial charge in [-0.05, 0) is 78.8 Å². The molecule has 0 aromatic heterocycles. The van der Waals surface area contributed by atoms with Crippen LogP contribution in [0.15, 0.2) is 60.7 Å². The van der Waals surface area contributed by atoms with Crippen molar-refractivity contribution in [2.24, 2.45) is 17.3 Å². The smallest absolute Gasteiger partial charge is 0.343 e. The highest BCUT2D eigenvalue weighted by atomic mass is 16.5. The van der Waals surface area contributed by atoms with Gasteiger partial charge in [0.1, 0.15) is 5.75 Å². The maximum Gasteiger partial charge on any atom is 0.343 e. The van der Waals surface area contributed by atoms with Crippen LogP contribution >= 0.6 is 0 Å². The quantitative estimate of drug-likeness (QED) is 0.462. The topological polar surface area (TPSA) is 46.5 Å². The molecule has 3 nitrogen and oxygen atoms in total. The lowest BCUT2D eigenvalue weighted by Gasteiger charge is -2.50. The standard InChI is InChI=1S/C25H26O3/c1-25-14-13-20-19-10-8-18(28-24(27)16-5-3-2-4-6-16)15-17(19)7-9-21(20)22(25)11-12-23(25)26/h2-6,8,10-12,15,20-23,26H,7,9,13-14H2,1H3/t20?,21?,22?,23-,25-/m0/s1. The summed E-state index contributed by atoms with van der Waals surface area (Å²) in [5, 5.41) is 10.4. The Morgan fingerprint density at radius 2 is 1.93 bits per heavy atom. The minimum Gasteiger partial charge on any atom is -0.423 e. The van der Waals surface area contributed by atoms with E-state index in [4.69, 9.17) is 4.74 Å². The molecule has 2 aromatic rings. The second-order valence-electron chi connectivity index (χ2n) is 8.83. The first kappa shape index (κ1) is 17.7. The van der Waals surface area contributed by atoms with Gasteiger partial charge in [-0.15, -0.1) is 0 Å². The number of allylic oxidation sites excluding steroid dienone is 1. The number of hydrogen-bond donors (Lipinski definition) is 1. The number of esters is 1. The van der Waals surface area contributed by atoms with Crippen LogP contribution in [0.3, 0.4) is 0 Å². The van der Waals surface area contributed by atoms with Gasteiger partial charge < -0.3 is 9.84 Å². The van der Waals surface area contributed by atoms with Gasteiger partial charge in [-0.2, -0.15) is 0 Å². The average molecular weight is 374 g/mol. The van der Waals surface area contributed by atoms with E-state index in [1.54, 1.807) is 12.1 Å². The van der Waals surface area contributed by atoms with Crippen molar-refractivity contribution in [3.8, 4) is 5.75 Å². The summed E-state index contributed by atoms with van der Waals surface area (Å²) in [6.07, 6.45) is 8.27. The highest BCUT2D eigenvalue weighted by Gasteiger charge is 2.52. The van der Waals surface area contributed by atoms with Crippen LogP contribution in [0.5, 0.6) is 5.75 Å². The second kappa shape index (κ2) is 6.59. The molecule has 1 saturated carbocycles. The number of aliphatic hydroxyl groups excluding tert-OH is 1. The molecule has 0 saturated heterocycles. The molecule has 3 heteroatoms. The first-order valence-electron chi connectivity index (χ1n) is 10.3. The lowest BCUT2D eigenvalue weighted by atomic mass is 9.55. The third-order valence-corrected chi connectivity index (χ3v) is 7.39. The van der Waals surface area contributed by atoms with E-state index in [9.17, 15) is 9.90 Å². The SMILES string of the molecule is C[C@]12CCC3c4ccc(OC(=O)c5ccccc5)cc4CCC3C1C=C[C@@H]2O. The van der Waals surface area contributed by atoms with Crippen LogP contribution in [0.25, 0.3) is 0 Å². The Bertz CT molecular complexity index is 932. The number of carbonyl (C=O) groups is 1. The molecule has 3 aliphatic carbocycles. The molecule has 2 aromatic carbocycles. The number of aliphatic hydroxyl groups is 1. The van der Waals surface area contributed by atoms with Crippen molar-refractivity contribution in [2.75, 3.05) is 0 Å². The number of hydrogen-bond acceptors (Lipinski definition) is 3. The zero-order chi connectivity index (χ0) is 19.3. The average Bonchev–Trinajstić information content (AvgIpc) is 3.03. The number of aryl methyl sites for hydroxylation is 1. The molecule has 0 spiro atoms. The van der Waals surface area contributed by atoms with Gasteiger partial charge in [0.15, 0.2) is 0 Å². The van der Waals surface area contributed by atoms with E-state index in [1.165, 1.54) is 11.1 Å². The Labute approximate surface area is 166 Å². The Balaban J connectivity index is 1.38. The maximum absolute atomic E-state index is 12.3. The first-order valence-corrected chi connectivity index (χ1v) is 10.3. The van der Waals surface area contributed by atoms with Gasteiger partial charge in [-0.3, -0.25) is 0 Å². The van der Waals surface area contributed by atoms with Gasteiger partial charge in [-0.25, -0.2) is 4.79 Å². The van der Waals surface area contributed by atoms with Crippen molar-refractivity contribution >= 4 is 5.97 Å². The summed E-state index contributed by atoms with van der Waals surface area (Å²) in [7, 11) is 0. The molecule has 144 valence electrons. The highest BCUT2D eigenvalue weighted by molar-refractivity contribution is 5.91. The van der Waals surface area contributed by atoms with Crippen LogP contribution in [-0.4, -0.2) is 17.2 Å². The van der Waals surface area contributed by atoms with Crippen LogP contribution < -0.4 is 4.74 Å². The van der Waals surface area contributed by atoms with E-state index < -0.39 is 0 Å². The van der Waals surface area contributed by atoms with Crippen molar-refractivity contribution in [3.05, 3.63) is 77.4 Å². The molecule has 0 heterocycles. The number of ether oxygens (including phenoxy) is 1. The number of benzene rings is 2. The van der Waals surface area contributed by atoms with E-state index in [2.05, 4.69) is 25.1 Å². The fourth-order valence-electron chi connectivity index (χ4n) is 5.79. The van der Waals surface area contributed by atoms with Gasteiger partial charge in [0.2, 0.25) is 0 Å². The number of carbonyl (C=O) groups excluding carboxylic acids is 1. The van der Waals surface area contributed by atoms with Crippen molar-refractivity contribution in [1.29, 1.82) is 0 Å². The molecule has 0 radical (unpaired) electrons. The molecule has 0 amide bonds. The van der Waals surface area contributed by atoms with Crippen LogP contribution in [0.1, 0.15) is 53.6 Å². The summed E-state index contributed by atoms with van der Waals surface area (Å²) in [6, 6.07) is 15.3. The van der Waals surface area contributed by atoms with Gasteiger partial charge >= 0.3 is 5.97 Å². The maximum atomic E-state index is 12.3. The minimum absolute atomic E-state index is 0.00379. The first-order chi connectivity index (χ1) is 13.6. The van der Waals surface area contributed by atoms with E-state index in [0.29, 0.717) is 29.1 Å². The van der Waals surface area contributed by atoms with Crippen LogP contribution in [0, 0.1) is 17.3 Å². The largest absolute Gasteiger partial charge is 0.423 e. The van der Waals surface area contributed by atoms with Gasteiger partial charge in [-0.1, -0.05) is 43.3 Å². The highest BCUT2D eigenvalue weighted by Crippen LogP contribution is 2.58.